The van der Waals surface area contributed by atoms with E-state index in [1.807, 2.05) is 24.4 Å². The summed E-state index contributed by atoms with van der Waals surface area (Å²) in [6, 6.07) is 18.4. The number of ether oxygens (including phenoxy) is 1. The zero-order valence-electron chi connectivity index (χ0n) is 14.8. The molecule has 0 N–H and O–H groups in total. The van der Waals surface area contributed by atoms with Crippen LogP contribution in [0.5, 0.6) is 5.75 Å². The molecule has 1 amide bonds. The molecule has 4 rings (SSSR count). The minimum Gasteiger partial charge on any atom is -0.497 e. The first-order valence-electron chi connectivity index (χ1n) is 8.54. The Hall–Kier alpha value is -2.59. The van der Waals surface area contributed by atoms with Crippen molar-refractivity contribution in [2.24, 2.45) is 0 Å². The Bertz CT molecular complexity index is 825. The number of nitrogens with zero attached hydrogens (tertiary/aromatic N) is 2. The maximum Gasteiger partial charge on any atom is 0.242 e. The third-order valence-electron chi connectivity index (χ3n) is 5.03. The SMILES string of the molecule is COc1ccc(C2=CN3C(=O)CC(C)(C)N3C2c2ccccc2)cc1. The lowest BCUT2D eigenvalue weighted by molar-refractivity contribution is -0.134. The van der Waals surface area contributed by atoms with Gasteiger partial charge in [-0.2, -0.15) is 5.01 Å². The van der Waals surface area contributed by atoms with E-state index in [4.69, 9.17) is 4.74 Å². The largest absolute Gasteiger partial charge is 0.497 e. The van der Waals surface area contributed by atoms with Gasteiger partial charge in [0.05, 0.1) is 13.2 Å². The van der Waals surface area contributed by atoms with Crippen molar-refractivity contribution in [3.05, 3.63) is 71.9 Å². The number of methoxy groups -OCH3 is 1. The molecule has 0 aromatic heterocycles. The second kappa shape index (κ2) is 5.74. The van der Waals surface area contributed by atoms with Crippen LogP contribution >= 0.6 is 0 Å². The summed E-state index contributed by atoms with van der Waals surface area (Å²) in [5.41, 5.74) is 3.21. The fourth-order valence-electron chi connectivity index (χ4n) is 3.86. The van der Waals surface area contributed by atoms with Gasteiger partial charge in [-0.15, -0.1) is 0 Å². The van der Waals surface area contributed by atoms with Gasteiger partial charge in [0.1, 0.15) is 5.75 Å². The first kappa shape index (κ1) is 15.9. The number of hydrogen-bond donors (Lipinski definition) is 0. The molecule has 4 heteroatoms. The molecule has 0 aliphatic carbocycles. The molecule has 1 fully saturated rings. The van der Waals surface area contributed by atoms with Crippen LogP contribution in [0.1, 0.15) is 37.4 Å². The van der Waals surface area contributed by atoms with Gasteiger partial charge < -0.3 is 4.74 Å². The highest BCUT2D eigenvalue weighted by atomic mass is 16.5. The highest BCUT2D eigenvalue weighted by Crippen LogP contribution is 2.49. The average Bonchev–Trinajstić information content (AvgIpc) is 3.13. The summed E-state index contributed by atoms with van der Waals surface area (Å²) in [6.07, 6.45) is 2.53. The summed E-state index contributed by atoms with van der Waals surface area (Å²) in [5.74, 6) is 0.977. The molecular formula is C21H22N2O2. The molecule has 0 spiro atoms. The predicted molar refractivity (Wildman–Crippen MR) is 97.5 cm³/mol. The fraction of sp³-hybridized carbons (Fsp3) is 0.286. The van der Waals surface area contributed by atoms with Crippen molar-refractivity contribution in [2.45, 2.75) is 31.8 Å². The van der Waals surface area contributed by atoms with Crippen LogP contribution < -0.4 is 4.74 Å². The third kappa shape index (κ3) is 2.53. The summed E-state index contributed by atoms with van der Waals surface area (Å²) in [6.45, 7) is 4.26. The predicted octanol–water partition coefficient (Wildman–Crippen LogP) is 4.02. The number of rotatable bonds is 3. The minimum atomic E-state index is -0.220. The Morgan fingerprint density at radius 3 is 2.36 bits per heavy atom. The normalized spacial score (nSPS) is 22.0. The topological polar surface area (TPSA) is 32.8 Å². The van der Waals surface area contributed by atoms with E-state index in [0.29, 0.717) is 6.42 Å². The van der Waals surface area contributed by atoms with E-state index >= 15 is 0 Å². The summed E-state index contributed by atoms with van der Waals surface area (Å²) >= 11 is 0. The first-order chi connectivity index (χ1) is 12.0. The lowest BCUT2D eigenvalue weighted by Gasteiger charge is -2.37. The van der Waals surface area contributed by atoms with Gasteiger partial charge in [-0.25, -0.2) is 5.01 Å². The quantitative estimate of drug-likeness (QED) is 0.850. The lowest BCUT2D eigenvalue weighted by atomic mass is 9.90. The van der Waals surface area contributed by atoms with Gasteiger partial charge in [-0.1, -0.05) is 42.5 Å². The number of amides is 1. The molecule has 25 heavy (non-hydrogen) atoms. The fourth-order valence-corrected chi connectivity index (χ4v) is 3.86. The standard InChI is InChI=1S/C21H22N2O2/c1-21(2)13-19(24)22-14-18(15-9-11-17(25-3)12-10-15)20(23(21)22)16-7-5-4-6-8-16/h4-12,14,20H,13H2,1-3H3. The molecule has 2 aromatic rings. The Labute approximate surface area is 148 Å². The van der Waals surface area contributed by atoms with Gasteiger partial charge in [-0.3, -0.25) is 4.79 Å². The molecule has 128 valence electrons. The number of fused-ring (bicyclic) bond motifs is 1. The van der Waals surface area contributed by atoms with E-state index in [0.717, 1.165) is 16.9 Å². The van der Waals surface area contributed by atoms with Gasteiger partial charge in [0.15, 0.2) is 0 Å². The molecule has 2 aliphatic heterocycles. The van der Waals surface area contributed by atoms with E-state index < -0.39 is 0 Å². The van der Waals surface area contributed by atoms with Crippen LogP contribution in [0.15, 0.2) is 60.8 Å². The van der Waals surface area contributed by atoms with Gasteiger partial charge in [0.2, 0.25) is 5.91 Å². The van der Waals surface area contributed by atoms with E-state index in [1.165, 1.54) is 5.56 Å². The molecule has 0 saturated carbocycles. The van der Waals surface area contributed by atoms with E-state index in [-0.39, 0.29) is 17.5 Å². The minimum absolute atomic E-state index is 0.0241. The highest BCUT2D eigenvalue weighted by molar-refractivity contribution is 5.86. The second-order valence-electron chi connectivity index (χ2n) is 7.20. The number of benzene rings is 2. The molecule has 4 nitrogen and oxygen atoms in total. The Kier molecular flexibility index (Phi) is 3.65. The summed E-state index contributed by atoms with van der Waals surface area (Å²) < 4.78 is 5.27. The van der Waals surface area contributed by atoms with Crippen LogP contribution in [-0.4, -0.2) is 28.6 Å². The van der Waals surface area contributed by atoms with Crippen molar-refractivity contribution in [3.63, 3.8) is 0 Å². The smallest absolute Gasteiger partial charge is 0.242 e. The highest BCUT2D eigenvalue weighted by Gasteiger charge is 2.51. The molecule has 0 bridgehead atoms. The van der Waals surface area contributed by atoms with Crippen LogP contribution in [0.4, 0.5) is 0 Å². The maximum absolute atomic E-state index is 12.5. The Morgan fingerprint density at radius 1 is 1.04 bits per heavy atom. The van der Waals surface area contributed by atoms with Crippen LogP contribution in [0, 0.1) is 0 Å². The van der Waals surface area contributed by atoms with E-state index in [9.17, 15) is 4.79 Å². The monoisotopic (exact) mass is 334 g/mol. The summed E-state index contributed by atoms with van der Waals surface area (Å²) in [4.78, 5) is 12.5. The van der Waals surface area contributed by atoms with Crippen molar-refractivity contribution < 1.29 is 9.53 Å². The number of carbonyl (C=O) groups excluding carboxylic acids is 1. The zero-order valence-corrected chi connectivity index (χ0v) is 14.8. The van der Waals surface area contributed by atoms with Gasteiger partial charge in [0, 0.05) is 23.7 Å². The molecular weight excluding hydrogens is 312 g/mol. The molecule has 2 aliphatic rings. The number of hydrogen-bond acceptors (Lipinski definition) is 3. The molecule has 2 aromatic carbocycles. The average molecular weight is 334 g/mol. The van der Waals surface area contributed by atoms with Crippen molar-refractivity contribution in [1.29, 1.82) is 0 Å². The molecule has 1 unspecified atom stereocenters. The molecule has 1 saturated heterocycles. The van der Waals surface area contributed by atoms with Crippen molar-refractivity contribution in [2.75, 3.05) is 7.11 Å². The summed E-state index contributed by atoms with van der Waals surface area (Å²) in [7, 11) is 1.67. The molecule has 1 atom stereocenters. The maximum atomic E-state index is 12.5. The number of hydrazine groups is 1. The molecule has 2 heterocycles. The lowest BCUT2D eigenvalue weighted by Crippen LogP contribution is -2.43. The van der Waals surface area contributed by atoms with E-state index in [1.54, 1.807) is 12.1 Å². The van der Waals surface area contributed by atoms with E-state index in [2.05, 4.69) is 55.3 Å². The summed E-state index contributed by atoms with van der Waals surface area (Å²) in [5, 5.41) is 4.02. The Morgan fingerprint density at radius 2 is 1.72 bits per heavy atom. The van der Waals surface area contributed by atoms with Gasteiger partial charge in [-0.05, 0) is 37.1 Å². The van der Waals surface area contributed by atoms with Crippen LogP contribution in [-0.2, 0) is 4.79 Å². The van der Waals surface area contributed by atoms with Gasteiger partial charge >= 0.3 is 0 Å². The van der Waals surface area contributed by atoms with Gasteiger partial charge in [0.25, 0.3) is 0 Å². The third-order valence-corrected chi connectivity index (χ3v) is 5.03. The Balaban J connectivity index is 1.83. The van der Waals surface area contributed by atoms with Crippen molar-refractivity contribution >= 4 is 11.5 Å². The van der Waals surface area contributed by atoms with Crippen molar-refractivity contribution in [1.82, 2.24) is 10.0 Å². The van der Waals surface area contributed by atoms with Crippen LogP contribution in [0.2, 0.25) is 0 Å². The zero-order chi connectivity index (χ0) is 17.6. The molecule has 0 radical (unpaired) electrons. The second-order valence-corrected chi connectivity index (χ2v) is 7.20. The van der Waals surface area contributed by atoms with Crippen molar-refractivity contribution in [3.8, 4) is 5.75 Å². The van der Waals surface area contributed by atoms with Crippen LogP contribution in [0.3, 0.4) is 0 Å². The first-order valence-corrected chi connectivity index (χ1v) is 8.54. The number of carbonyl (C=O) groups is 1. The van der Waals surface area contributed by atoms with Crippen LogP contribution in [0.25, 0.3) is 5.57 Å².